The smallest absolute Gasteiger partial charge is 0.261 e. The van der Waals surface area contributed by atoms with Crippen molar-refractivity contribution in [1.29, 1.82) is 5.26 Å². The van der Waals surface area contributed by atoms with Gasteiger partial charge in [-0.25, -0.2) is 8.42 Å². The number of benzene rings is 3. The Hall–Kier alpha value is -3.80. The van der Waals surface area contributed by atoms with Crippen LogP contribution < -0.4 is 0 Å². The first-order chi connectivity index (χ1) is 14.6. The van der Waals surface area contributed by atoms with Crippen LogP contribution in [-0.4, -0.2) is 19.3 Å². The molecular weight excluding hydrogens is 392 g/mol. The van der Waals surface area contributed by atoms with Gasteiger partial charge in [0.2, 0.25) is 0 Å². The molecule has 30 heavy (non-hydrogen) atoms. The number of hydrogen-bond acceptors (Lipinski definition) is 3. The molecule has 0 N–H and O–H groups in total. The van der Waals surface area contributed by atoms with Gasteiger partial charge in [0.15, 0.2) is 0 Å². The fourth-order valence-corrected chi connectivity index (χ4v) is 4.33. The molecule has 0 atom stereocenters. The fourth-order valence-electron chi connectivity index (χ4n) is 3.08. The normalized spacial score (nSPS) is 11.9. The van der Waals surface area contributed by atoms with Crippen molar-refractivity contribution in [3.8, 4) is 18.4 Å². The Labute approximate surface area is 177 Å². The van der Waals surface area contributed by atoms with Crippen molar-refractivity contribution in [3.05, 3.63) is 102 Å². The lowest BCUT2D eigenvalue weighted by atomic mass is 9.99. The van der Waals surface area contributed by atoms with Crippen molar-refractivity contribution in [2.75, 3.05) is 6.54 Å². The zero-order valence-electron chi connectivity index (χ0n) is 16.3. The summed E-state index contributed by atoms with van der Waals surface area (Å²) in [5.41, 5.74) is 1.55. The summed E-state index contributed by atoms with van der Waals surface area (Å²) in [7, 11) is -3.76. The maximum Gasteiger partial charge on any atom is 0.264 e. The molecule has 0 unspecified atom stereocenters. The number of rotatable bonds is 7. The second-order valence-corrected chi connectivity index (χ2v) is 8.42. The molecule has 0 spiro atoms. The minimum Gasteiger partial charge on any atom is -0.261 e. The molecule has 0 amide bonds. The van der Waals surface area contributed by atoms with Crippen LogP contribution in [0.15, 0.2) is 102 Å². The molecular formula is C25H20N2O2S. The summed E-state index contributed by atoms with van der Waals surface area (Å²) in [6, 6.07) is 24.3. The largest absolute Gasteiger partial charge is 0.264 e. The highest BCUT2D eigenvalue weighted by Gasteiger charge is 2.20. The van der Waals surface area contributed by atoms with E-state index in [0.717, 1.165) is 20.6 Å². The molecule has 0 aliphatic heterocycles. The van der Waals surface area contributed by atoms with Gasteiger partial charge in [-0.2, -0.15) is 5.26 Å². The molecule has 4 nitrogen and oxygen atoms in total. The Kier molecular flexibility index (Phi) is 6.70. The SMILES string of the molecule is C#CCN(/C=C/C=C(/C#N)Cc1cccc2ccccc12)S(=O)(=O)c1ccccc1. The van der Waals surface area contributed by atoms with E-state index in [4.69, 9.17) is 6.42 Å². The molecule has 5 heteroatoms. The number of terminal acetylenes is 1. The van der Waals surface area contributed by atoms with Gasteiger partial charge < -0.3 is 0 Å². The molecule has 0 aliphatic rings. The van der Waals surface area contributed by atoms with Crippen molar-refractivity contribution in [3.63, 3.8) is 0 Å². The number of sulfonamides is 1. The maximum absolute atomic E-state index is 12.8. The van der Waals surface area contributed by atoms with Gasteiger partial charge in [0.1, 0.15) is 0 Å². The van der Waals surface area contributed by atoms with E-state index in [1.165, 1.54) is 18.3 Å². The fraction of sp³-hybridized carbons (Fsp3) is 0.0800. The van der Waals surface area contributed by atoms with E-state index < -0.39 is 10.0 Å². The summed E-state index contributed by atoms with van der Waals surface area (Å²) >= 11 is 0. The molecule has 0 saturated carbocycles. The lowest BCUT2D eigenvalue weighted by Gasteiger charge is -2.17. The minimum atomic E-state index is -3.76. The van der Waals surface area contributed by atoms with Gasteiger partial charge in [-0.1, -0.05) is 66.6 Å². The van der Waals surface area contributed by atoms with Crippen molar-refractivity contribution in [2.24, 2.45) is 0 Å². The molecule has 0 aliphatic carbocycles. The van der Waals surface area contributed by atoms with Gasteiger partial charge >= 0.3 is 0 Å². The zero-order chi connectivity index (χ0) is 21.4. The topological polar surface area (TPSA) is 61.2 Å². The van der Waals surface area contributed by atoms with Crippen molar-refractivity contribution >= 4 is 20.8 Å². The van der Waals surface area contributed by atoms with Crippen LogP contribution in [0.2, 0.25) is 0 Å². The summed E-state index contributed by atoms with van der Waals surface area (Å²) in [4.78, 5) is 0.158. The Bertz CT molecular complexity index is 1270. The number of allylic oxidation sites excluding steroid dienone is 3. The quantitative estimate of drug-likeness (QED) is 0.322. The first-order valence-electron chi connectivity index (χ1n) is 9.30. The van der Waals surface area contributed by atoms with Crippen molar-refractivity contribution in [1.82, 2.24) is 4.31 Å². The van der Waals surface area contributed by atoms with E-state index in [1.54, 1.807) is 30.4 Å². The molecule has 0 radical (unpaired) electrons. The summed E-state index contributed by atoms with van der Waals surface area (Å²) in [5.74, 6) is 2.37. The average Bonchev–Trinajstić information content (AvgIpc) is 2.78. The van der Waals surface area contributed by atoms with E-state index in [-0.39, 0.29) is 11.4 Å². The highest BCUT2D eigenvalue weighted by molar-refractivity contribution is 7.89. The standard InChI is InChI=1S/C25H20N2O2S/c1-2-17-27(30(28,29)24-14-4-3-5-15-24)18-9-10-21(20-26)19-23-13-8-12-22-11-6-7-16-25(22)23/h1,3-16,18H,17,19H2/b18-9+,21-10+. The molecule has 3 rings (SSSR count). The lowest BCUT2D eigenvalue weighted by Crippen LogP contribution is -2.26. The first-order valence-corrected chi connectivity index (χ1v) is 10.7. The van der Waals surface area contributed by atoms with Gasteiger partial charge in [-0.3, -0.25) is 4.31 Å². The van der Waals surface area contributed by atoms with Crippen LogP contribution in [0.1, 0.15) is 5.56 Å². The Morgan fingerprint density at radius 2 is 1.70 bits per heavy atom. The van der Waals surface area contributed by atoms with E-state index >= 15 is 0 Å². The Balaban J connectivity index is 1.85. The van der Waals surface area contributed by atoms with Gasteiger partial charge in [-0.05, 0) is 40.6 Å². The third-order valence-electron chi connectivity index (χ3n) is 4.55. The van der Waals surface area contributed by atoms with Crippen molar-refractivity contribution in [2.45, 2.75) is 11.3 Å². The van der Waals surface area contributed by atoms with Gasteiger partial charge in [0, 0.05) is 18.2 Å². The van der Waals surface area contributed by atoms with Crippen molar-refractivity contribution < 1.29 is 8.42 Å². The van der Waals surface area contributed by atoms with E-state index in [2.05, 4.69) is 12.0 Å². The van der Waals surface area contributed by atoms with Crippen LogP contribution in [0.4, 0.5) is 0 Å². The second-order valence-electron chi connectivity index (χ2n) is 6.53. The number of fused-ring (bicyclic) bond motifs is 1. The number of hydrogen-bond donors (Lipinski definition) is 0. The van der Waals surface area contributed by atoms with Crippen LogP contribution in [0, 0.1) is 23.7 Å². The van der Waals surface area contributed by atoms with Gasteiger partial charge in [0.05, 0.1) is 17.5 Å². The third-order valence-corrected chi connectivity index (χ3v) is 6.29. The minimum absolute atomic E-state index is 0.104. The highest BCUT2D eigenvalue weighted by atomic mass is 32.2. The molecule has 0 heterocycles. The summed E-state index contributed by atoms with van der Waals surface area (Å²) in [5, 5.41) is 11.7. The van der Waals surface area contributed by atoms with Crippen LogP contribution in [0.3, 0.4) is 0 Å². The highest BCUT2D eigenvalue weighted by Crippen LogP contribution is 2.21. The molecule has 148 valence electrons. The molecule has 0 fully saturated rings. The van der Waals surface area contributed by atoms with E-state index in [1.807, 2.05) is 42.5 Å². The van der Waals surface area contributed by atoms with Crippen LogP contribution in [0.5, 0.6) is 0 Å². The predicted molar refractivity (Wildman–Crippen MR) is 120 cm³/mol. The Morgan fingerprint density at radius 1 is 1.00 bits per heavy atom. The Morgan fingerprint density at radius 3 is 2.43 bits per heavy atom. The summed E-state index contributed by atoms with van der Waals surface area (Å²) in [6.45, 7) is -0.104. The van der Waals surface area contributed by atoms with Gasteiger partial charge in [0.25, 0.3) is 10.0 Å². The van der Waals surface area contributed by atoms with E-state index in [0.29, 0.717) is 12.0 Å². The molecule has 0 bridgehead atoms. The molecule has 0 aromatic heterocycles. The first kappa shape index (κ1) is 20.9. The second kappa shape index (κ2) is 9.60. The lowest BCUT2D eigenvalue weighted by molar-refractivity contribution is 0.525. The molecule has 3 aromatic carbocycles. The maximum atomic E-state index is 12.8. The van der Waals surface area contributed by atoms with Gasteiger partial charge in [-0.15, -0.1) is 6.42 Å². The monoisotopic (exact) mass is 412 g/mol. The summed E-state index contributed by atoms with van der Waals surface area (Å²) in [6.07, 6.45) is 10.4. The molecule has 3 aromatic rings. The van der Waals surface area contributed by atoms with Crippen LogP contribution >= 0.6 is 0 Å². The van der Waals surface area contributed by atoms with Crippen LogP contribution in [-0.2, 0) is 16.4 Å². The molecule has 0 saturated heterocycles. The third kappa shape index (κ3) is 4.78. The number of nitriles is 1. The summed E-state index contributed by atoms with van der Waals surface area (Å²) < 4.78 is 26.7. The van der Waals surface area contributed by atoms with E-state index in [9.17, 15) is 13.7 Å². The predicted octanol–water partition coefficient (Wildman–Crippen LogP) is 4.67. The zero-order valence-corrected chi connectivity index (χ0v) is 17.1. The van der Waals surface area contributed by atoms with Crippen LogP contribution in [0.25, 0.3) is 10.8 Å². The number of nitrogens with zero attached hydrogens (tertiary/aromatic N) is 2. The average molecular weight is 413 g/mol.